The maximum atomic E-state index is 12.9. The van der Waals surface area contributed by atoms with Crippen LogP contribution < -0.4 is 5.32 Å². The van der Waals surface area contributed by atoms with Gasteiger partial charge in [0.15, 0.2) is 5.89 Å². The zero-order valence-electron chi connectivity index (χ0n) is 15.5. The van der Waals surface area contributed by atoms with Crippen LogP contribution in [0.2, 0.25) is 0 Å². The van der Waals surface area contributed by atoms with E-state index in [0.29, 0.717) is 36.9 Å². The Morgan fingerprint density at radius 3 is 2.76 bits per heavy atom. The van der Waals surface area contributed by atoms with Gasteiger partial charge < -0.3 is 14.5 Å². The summed E-state index contributed by atoms with van der Waals surface area (Å²) in [6, 6.07) is 0. The lowest BCUT2D eigenvalue weighted by atomic mass is 9.99. The number of fused-ring (bicyclic) bond motifs is 1. The second-order valence-electron chi connectivity index (χ2n) is 6.47. The summed E-state index contributed by atoms with van der Waals surface area (Å²) in [5, 5.41) is 7.55. The molecule has 136 valence electrons. The van der Waals surface area contributed by atoms with Gasteiger partial charge >= 0.3 is 0 Å². The fourth-order valence-corrected chi connectivity index (χ4v) is 3.32. The number of aryl methyl sites for hydroxylation is 3. The zero-order valence-corrected chi connectivity index (χ0v) is 15.5. The number of nitrogens with one attached hydrogen (secondary N) is 1. The van der Waals surface area contributed by atoms with E-state index in [1.54, 1.807) is 4.68 Å². The number of rotatable bonds is 5. The Balaban J connectivity index is 1.83. The minimum absolute atomic E-state index is 0.0761. The van der Waals surface area contributed by atoms with Gasteiger partial charge in [0.25, 0.3) is 5.91 Å². The lowest BCUT2D eigenvalue weighted by Crippen LogP contribution is -2.28. The third-order valence-electron chi connectivity index (χ3n) is 4.56. The molecule has 1 aliphatic rings. The molecule has 7 nitrogen and oxygen atoms in total. The maximum Gasteiger partial charge on any atom is 0.270 e. The van der Waals surface area contributed by atoms with Gasteiger partial charge in [0.1, 0.15) is 11.5 Å². The maximum absolute atomic E-state index is 12.9. The number of ether oxygens (including phenoxy) is 1. The first-order chi connectivity index (χ1) is 11.9. The highest BCUT2D eigenvalue weighted by Crippen LogP contribution is 2.31. The number of hydrogen-bond acceptors (Lipinski definition) is 5. The minimum atomic E-state index is -0.134. The molecule has 0 unspecified atom stereocenters. The number of carbonyl (C=O) groups is 1. The van der Waals surface area contributed by atoms with Crippen molar-refractivity contribution >= 4 is 5.91 Å². The van der Waals surface area contributed by atoms with Crippen LogP contribution in [0, 0.1) is 6.92 Å². The SMILES string of the molecule is CCc1nc(C)c(CNC(=O)c2c3c(nn2CC)[C@H](C)O[C@H](C)C3)o1. The molecule has 0 aliphatic carbocycles. The molecule has 25 heavy (non-hydrogen) atoms. The smallest absolute Gasteiger partial charge is 0.270 e. The van der Waals surface area contributed by atoms with Crippen LogP contribution in [-0.2, 0) is 30.7 Å². The summed E-state index contributed by atoms with van der Waals surface area (Å²) < 4.78 is 13.3. The quantitative estimate of drug-likeness (QED) is 0.900. The Hall–Kier alpha value is -2.15. The lowest BCUT2D eigenvalue weighted by Gasteiger charge is -2.24. The van der Waals surface area contributed by atoms with Crippen LogP contribution in [0.5, 0.6) is 0 Å². The molecule has 0 saturated carbocycles. The summed E-state index contributed by atoms with van der Waals surface area (Å²) >= 11 is 0. The molecule has 3 rings (SSSR count). The highest BCUT2D eigenvalue weighted by atomic mass is 16.5. The van der Waals surface area contributed by atoms with Crippen molar-refractivity contribution in [3.63, 3.8) is 0 Å². The fourth-order valence-electron chi connectivity index (χ4n) is 3.32. The van der Waals surface area contributed by atoms with Crippen LogP contribution in [0.25, 0.3) is 0 Å². The van der Waals surface area contributed by atoms with Gasteiger partial charge in [0.05, 0.1) is 30.1 Å². The first-order valence-electron chi connectivity index (χ1n) is 8.92. The van der Waals surface area contributed by atoms with Gasteiger partial charge in [-0.2, -0.15) is 5.10 Å². The minimum Gasteiger partial charge on any atom is -0.444 e. The summed E-state index contributed by atoms with van der Waals surface area (Å²) in [6.07, 6.45) is 1.42. The molecule has 1 amide bonds. The molecular formula is C18H26N4O3. The molecule has 0 saturated heterocycles. The topological polar surface area (TPSA) is 82.2 Å². The number of amides is 1. The van der Waals surface area contributed by atoms with Crippen LogP contribution in [-0.4, -0.2) is 26.8 Å². The molecule has 2 aromatic rings. The zero-order chi connectivity index (χ0) is 18.1. The van der Waals surface area contributed by atoms with E-state index in [1.165, 1.54) is 0 Å². The van der Waals surface area contributed by atoms with Gasteiger partial charge in [-0.1, -0.05) is 6.92 Å². The molecule has 0 fully saturated rings. The number of hydrogen-bond donors (Lipinski definition) is 1. The number of carbonyl (C=O) groups excluding carboxylic acids is 1. The molecule has 2 atom stereocenters. The first kappa shape index (κ1) is 17.7. The Morgan fingerprint density at radius 2 is 2.12 bits per heavy atom. The van der Waals surface area contributed by atoms with E-state index in [1.807, 2.05) is 34.6 Å². The lowest BCUT2D eigenvalue weighted by molar-refractivity contribution is -0.00712. The summed E-state index contributed by atoms with van der Waals surface area (Å²) in [6.45, 7) is 10.8. The van der Waals surface area contributed by atoms with E-state index in [9.17, 15) is 4.79 Å². The fraction of sp³-hybridized carbons (Fsp3) is 0.611. The predicted molar refractivity (Wildman–Crippen MR) is 92.4 cm³/mol. The number of aromatic nitrogens is 3. The van der Waals surface area contributed by atoms with Crippen molar-refractivity contribution in [1.82, 2.24) is 20.1 Å². The summed E-state index contributed by atoms with van der Waals surface area (Å²) in [4.78, 5) is 17.2. The largest absolute Gasteiger partial charge is 0.444 e. The first-order valence-corrected chi connectivity index (χ1v) is 8.92. The second kappa shape index (κ2) is 7.00. The van der Waals surface area contributed by atoms with Gasteiger partial charge in [0.2, 0.25) is 0 Å². The Bertz CT molecular complexity index is 778. The van der Waals surface area contributed by atoms with Crippen molar-refractivity contribution < 1.29 is 13.9 Å². The normalized spacial score (nSPS) is 19.7. The second-order valence-corrected chi connectivity index (χ2v) is 6.47. The highest BCUT2D eigenvalue weighted by Gasteiger charge is 2.31. The van der Waals surface area contributed by atoms with E-state index in [0.717, 1.165) is 23.4 Å². The van der Waals surface area contributed by atoms with Gasteiger partial charge in [-0.15, -0.1) is 0 Å². The van der Waals surface area contributed by atoms with Crippen LogP contribution in [0.3, 0.4) is 0 Å². The summed E-state index contributed by atoms with van der Waals surface area (Å²) in [5.41, 5.74) is 3.31. The van der Waals surface area contributed by atoms with Gasteiger partial charge in [-0.25, -0.2) is 4.98 Å². The molecule has 0 spiro atoms. The van der Waals surface area contributed by atoms with Gasteiger partial charge in [-0.05, 0) is 27.7 Å². The molecule has 1 N–H and O–H groups in total. The number of nitrogens with zero attached hydrogens (tertiary/aromatic N) is 3. The Kier molecular flexibility index (Phi) is 4.94. The van der Waals surface area contributed by atoms with Crippen molar-refractivity contribution in [2.24, 2.45) is 0 Å². The van der Waals surface area contributed by atoms with E-state index in [4.69, 9.17) is 9.15 Å². The number of oxazole rings is 1. The molecule has 3 heterocycles. The summed E-state index contributed by atoms with van der Waals surface area (Å²) in [7, 11) is 0. The van der Waals surface area contributed by atoms with E-state index in [2.05, 4.69) is 15.4 Å². The average molecular weight is 346 g/mol. The van der Waals surface area contributed by atoms with Gasteiger partial charge in [0, 0.05) is 24.9 Å². The van der Waals surface area contributed by atoms with Crippen molar-refractivity contribution in [3.8, 4) is 0 Å². The monoisotopic (exact) mass is 346 g/mol. The van der Waals surface area contributed by atoms with Crippen molar-refractivity contribution in [1.29, 1.82) is 0 Å². The van der Waals surface area contributed by atoms with E-state index >= 15 is 0 Å². The molecule has 7 heteroatoms. The Labute approximate surface area is 147 Å². The predicted octanol–water partition coefficient (Wildman–Crippen LogP) is 2.71. The Morgan fingerprint density at radius 1 is 1.36 bits per heavy atom. The third kappa shape index (κ3) is 3.33. The van der Waals surface area contributed by atoms with Crippen LogP contribution in [0.15, 0.2) is 4.42 Å². The standard InChI is InChI=1S/C18H26N4O3/c1-6-15-20-11(4)14(25-15)9-19-18(23)17-13-8-10(3)24-12(5)16(13)21-22(17)7-2/h10,12H,6-9H2,1-5H3,(H,19,23)/t10-,12+/m1/s1. The van der Waals surface area contributed by atoms with Crippen LogP contribution in [0.1, 0.15) is 72.9 Å². The molecule has 0 aromatic carbocycles. The molecule has 1 aliphatic heterocycles. The summed E-state index contributed by atoms with van der Waals surface area (Å²) in [5.74, 6) is 1.26. The van der Waals surface area contributed by atoms with Crippen molar-refractivity contribution in [2.45, 2.75) is 72.8 Å². The van der Waals surface area contributed by atoms with E-state index in [-0.39, 0.29) is 18.1 Å². The molecular weight excluding hydrogens is 320 g/mol. The van der Waals surface area contributed by atoms with Gasteiger partial charge in [-0.3, -0.25) is 9.48 Å². The third-order valence-corrected chi connectivity index (χ3v) is 4.56. The van der Waals surface area contributed by atoms with Crippen molar-refractivity contribution in [3.05, 3.63) is 34.3 Å². The molecule has 2 aromatic heterocycles. The van der Waals surface area contributed by atoms with Crippen molar-refractivity contribution in [2.75, 3.05) is 0 Å². The molecule has 0 radical (unpaired) electrons. The van der Waals surface area contributed by atoms with Crippen LogP contribution >= 0.6 is 0 Å². The van der Waals surface area contributed by atoms with E-state index < -0.39 is 0 Å². The highest BCUT2D eigenvalue weighted by molar-refractivity contribution is 5.94. The molecule has 0 bridgehead atoms. The van der Waals surface area contributed by atoms with Crippen LogP contribution in [0.4, 0.5) is 0 Å². The average Bonchev–Trinajstić information content (AvgIpc) is 3.12.